The Morgan fingerprint density at radius 2 is 1.89 bits per heavy atom. The normalized spacial score (nSPS) is 11.8. The molecule has 0 aliphatic rings. The van der Waals surface area contributed by atoms with Crippen LogP contribution in [0.5, 0.6) is 0 Å². The van der Waals surface area contributed by atoms with E-state index >= 15 is 0 Å². The fourth-order valence-electron chi connectivity index (χ4n) is 1.59. The van der Waals surface area contributed by atoms with Crippen molar-refractivity contribution in [3.8, 4) is 5.69 Å². The standard InChI is InChI=1S/C14H14N2O3/c1-10(13(15)17)19-14(18)11-5-4-6-12(9-11)16-7-2-3-8-16/h2-10H,1H3,(H2,15,17)/t10-/m1/s1. The first-order valence-electron chi connectivity index (χ1n) is 5.81. The van der Waals surface area contributed by atoms with Gasteiger partial charge in [-0.3, -0.25) is 4.79 Å². The maximum Gasteiger partial charge on any atom is 0.338 e. The molecule has 98 valence electrons. The minimum absolute atomic E-state index is 0.374. The molecule has 1 atom stereocenters. The predicted molar refractivity (Wildman–Crippen MR) is 69.8 cm³/mol. The second-order valence-electron chi connectivity index (χ2n) is 4.09. The molecule has 19 heavy (non-hydrogen) atoms. The molecule has 0 saturated heterocycles. The molecule has 0 saturated carbocycles. The molecule has 2 aromatic rings. The Labute approximate surface area is 110 Å². The topological polar surface area (TPSA) is 74.3 Å². The number of hydrogen-bond donors (Lipinski definition) is 1. The highest BCUT2D eigenvalue weighted by atomic mass is 16.5. The summed E-state index contributed by atoms with van der Waals surface area (Å²) in [5.74, 6) is -1.24. The molecule has 0 fully saturated rings. The van der Waals surface area contributed by atoms with Crippen molar-refractivity contribution in [1.29, 1.82) is 0 Å². The fraction of sp³-hybridized carbons (Fsp3) is 0.143. The number of benzene rings is 1. The number of carbonyl (C=O) groups excluding carboxylic acids is 2. The number of primary amides is 1. The summed E-state index contributed by atoms with van der Waals surface area (Å²) in [6.07, 6.45) is 2.80. The monoisotopic (exact) mass is 258 g/mol. The first-order valence-corrected chi connectivity index (χ1v) is 5.81. The predicted octanol–water partition coefficient (Wildman–Crippen LogP) is 1.51. The van der Waals surface area contributed by atoms with Gasteiger partial charge in [-0.25, -0.2) is 4.79 Å². The van der Waals surface area contributed by atoms with Crippen LogP contribution < -0.4 is 5.73 Å². The van der Waals surface area contributed by atoms with Crippen LogP contribution in [0.4, 0.5) is 0 Å². The number of amides is 1. The van der Waals surface area contributed by atoms with Gasteiger partial charge in [0.05, 0.1) is 5.56 Å². The summed E-state index contributed by atoms with van der Waals surface area (Å²) in [6.45, 7) is 1.44. The van der Waals surface area contributed by atoms with Crippen LogP contribution in [-0.2, 0) is 9.53 Å². The molecule has 0 aliphatic heterocycles. The average Bonchev–Trinajstić information content (AvgIpc) is 2.92. The lowest BCUT2D eigenvalue weighted by atomic mass is 10.2. The van der Waals surface area contributed by atoms with E-state index in [2.05, 4.69) is 0 Å². The zero-order chi connectivity index (χ0) is 13.8. The first-order chi connectivity index (χ1) is 9.08. The minimum atomic E-state index is -0.942. The number of ether oxygens (including phenoxy) is 1. The van der Waals surface area contributed by atoms with Crippen molar-refractivity contribution < 1.29 is 14.3 Å². The Kier molecular flexibility index (Phi) is 3.66. The Hall–Kier alpha value is -2.56. The highest BCUT2D eigenvalue weighted by Gasteiger charge is 2.16. The summed E-state index contributed by atoms with van der Waals surface area (Å²) < 4.78 is 6.82. The van der Waals surface area contributed by atoms with Crippen molar-refractivity contribution in [2.24, 2.45) is 5.73 Å². The third kappa shape index (κ3) is 3.01. The summed E-state index contributed by atoms with van der Waals surface area (Å²) in [5, 5.41) is 0. The zero-order valence-electron chi connectivity index (χ0n) is 10.4. The van der Waals surface area contributed by atoms with Crippen LogP contribution in [0.25, 0.3) is 5.69 Å². The van der Waals surface area contributed by atoms with Crippen LogP contribution in [0.15, 0.2) is 48.8 Å². The average molecular weight is 258 g/mol. The van der Waals surface area contributed by atoms with Crippen LogP contribution in [0.1, 0.15) is 17.3 Å². The van der Waals surface area contributed by atoms with Crippen LogP contribution in [-0.4, -0.2) is 22.5 Å². The molecule has 1 aromatic heterocycles. The molecule has 1 heterocycles. The molecule has 2 rings (SSSR count). The van der Waals surface area contributed by atoms with Gasteiger partial charge in [0.25, 0.3) is 5.91 Å². The zero-order valence-corrected chi connectivity index (χ0v) is 10.4. The molecular formula is C14H14N2O3. The van der Waals surface area contributed by atoms with Gasteiger partial charge in [0.2, 0.25) is 0 Å². The number of carbonyl (C=O) groups is 2. The molecule has 0 radical (unpaired) electrons. The maximum atomic E-state index is 11.8. The summed E-state index contributed by atoms with van der Waals surface area (Å²) in [7, 11) is 0. The first kappa shape index (κ1) is 12.9. The lowest BCUT2D eigenvalue weighted by Gasteiger charge is -2.10. The molecule has 0 unspecified atom stereocenters. The number of nitrogens with zero attached hydrogens (tertiary/aromatic N) is 1. The van der Waals surface area contributed by atoms with Gasteiger partial charge in [0.15, 0.2) is 6.10 Å². The molecule has 0 aliphatic carbocycles. The van der Waals surface area contributed by atoms with Crippen molar-refractivity contribution in [2.45, 2.75) is 13.0 Å². The molecule has 1 amide bonds. The van der Waals surface area contributed by atoms with E-state index in [4.69, 9.17) is 10.5 Å². The van der Waals surface area contributed by atoms with E-state index in [9.17, 15) is 9.59 Å². The van der Waals surface area contributed by atoms with Gasteiger partial charge in [-0.1, -0.05) is 6.07 Å². The second-order valence-corrected chi connectivity index (χ2v) is 4.09. The number of rotatable bonds is 4. The smallest absolute Gasteiger partial charge is 0.338 e. The summed E-state index contributed by atoms with van der Waals surface area (Å²) in [4.78, 5) is 22.7. The van der Waals surface area contributed by atoms with E-state index in [1.165, 1.54) is 6.92 Å². The van der Waals surface area contributed by atoms with Crippen molar-refractivity contribution in [1.82, 2.24) is 4.57 Å². The maximum absolute atomic E-state index is 11.8. The summed E-state index contributed by atoms with van der Waals surface area (Å²) in [5.41, 5.74) is 6.26. The Morgan fingerprint density at radius 1 is 1.21 bits per heavy atom. The Morgan fingerprint density at radius 3 is 2.53 bits per heavy atom. The van der Waals surface area contributed by atoms with E-state index < -0.39 is 18.0 Å². The second kappa shape index (κ2) is 5.39. The third-order valence-corrected chi connectivity index (χ3v) is 2.67. The highest BCUT2D eigenvalue weighted by molar-refractivity contribution is 5.92. The van der Waals surface area contributed by atoms with Crippen molar-refractivity contribution in [2.75, 3.05) is 0 Å². The lowest BCUT2D eigenvalue weighted by Crippen LogP contribution is -2.30. The molecule has 0 spiro atoms. The molecular weight excluding hydrogens is 244 g/mol. The quantitative estimate of drug-likeness (QED) is 0.845. The number of hydrogen-bond acceptors (Lipinski definition) is 3. The number of nitrogens with two attached hydrogens (primary N) is 1. The van der Waals surface area contributed by atoms with Crippen LogP contribution in [0.2, 0.25) is 0 Å². The Bertz CT molecular complexity index is 590. The fourth-order valence-corrected chi connectivity index (χ4v) is 1.59. The van der Waals surface area contributed by atoms with Gasteiger partial charge in [-0.2, -0.15) is 0 Å². The molecule has 0 bridgehead atoms. The molecule has 5 nitrogen and oxygen atoms in total. The number of esters is 1. The largest absolute Gasteiger partial charge is 0.449 e. The van der Waals surface area contributed by atoms with E-state index in [1.807, 2.05) is 35.2 Å². The van der Waals surface area contributed by atoms with E-state index in [-0.39, 0.29) is 0 Å². The molecule has 1 aromatic carbocycles. The molecule has 2 N–H and O–H groups in total. The molecule has 5 heteroatoms. The van der Waals surface area contributed by atoms with Crippen molar-refractivity contribution >= 4 is 11.9 Å². The minimum Gasteiger partial charge on any atom is -0.449 e. The van der Waals surface area contributed by atoms with Gasteiger partial charge in [0, 0.05) is 18.1 Å². The highest BCUT2D eigenvalue weighted by Crippen LogP contribution is 2.12. The Balaban J connectivity index is 2.19. The van der Waals surface area contributed by atoms with Crippen molar-refractivity contribution in [3.63, 3.8) is 0 Å². The number of aromatic nitrogens is 1. The van der Waals surface area contributed by atoms with Gasteiger partial charge in [0.1, 0.15) is 0 Å². The van der Waals surface area contributed by atoms with Gasteiger partial charge in [-0.15, -0.1) is 0 Å². The SMILES string of the molecule is C[C@@H](OC(=O)c1cccc(-n2cccc2)c1)C(N)=O. The van der Waals surface area contributed by atoms with Crippen LogP contribution >= 0.6 is 0 Å². The van der Waals surface area contributed by atoms with Gasteiger partial charge in [-0.05, 0) is 37.3 Å². The third-order valence-electron chi connectivity index (χ3n) is 2.67. The van der Waals surface area contributed by atoms with E-state index in [0.717, 1.165) is 5.69 Å². The lowest BCUT2D eigenvalue weighted by molar-refractivity contribution is -0.125. The van der Waals surface area contributed by atoms with Gasteiger partial charge >= 0.3 is 5.97 Å². The van der Waals surface area contributed by atoms with Crippen LogP contribution in [0.3, 0.4) is 0 Å². The van der Waals surface area contributed by atoms with E-state index in [0.29, 0.717) is 5.56 Å². The summed E-state index contributed by atoms with van der Waals surface area (Å²) >= 11 is 0. The van der Waals surface area contributed by atoms with E-state index in [1.54, 1.807) is 18.2 Å². The van der Waals surface area contributed by atoms with Gasteiger partial charge < -0.3 is 15.0 Å². The van der Waals surface area contributed by atoms with Crippen molar-refractivity contribution in [3.05, 3.63) is 54.4 Å². The summed E-state index contributed by atoms with van der Waals surface area (Å²) in [6, 6.07) is 10.7. The van der Waals surface area contributed by atoms with Crippen LogP contribution in [0, 0.1) is 0 Å².